The molecular formula is C13H20N2O. The highest BCUT2D eigenvalue weighted by molar-refractivity contribution is 5.32. The van der Waals surface area contributed by atoms with Crippen molar-refractivity contribution < 1.29 is 4.74 Å². The number of pyridine rings is 1. The number of allylic oxidation sites excluding steroid dienone is 1. The lowest BCUT2D eigenvalue weighted by Gasteiger charge is -2.10. The molecule has 0 saturated carbocycles. The number of aromatic nitrogens is 1. The molecule has 16 heavy (non-hydrogen) atoms. The van der Waals surface area contributed by atoms with Gasteiger partial charge >= 0.3 is 0 Å². The van der Waals surface area contributed by atoms with Gasteiger partial charge in [0.25, 0.3) is 0 Å². The first kappa shape index (κ1) is 12.7. The van der Waals surface area contributed by atoms with Crippen LogP contribution >= 0.6 is 0 Å². The molecule has 0 aromatic carbocycles. The predicted octanol–water partition coefficient (Wildman–Crippen LogP) is 2.45. The third kappa shape index (κ3) is 4.03. The number of nitrogens with one attached hydrogen (secondary N) is 1. The van der Waals surface area contributed by atoms with Crippen LogP contribution in [0.25, 0.3) is 0 Å². The van der Waals surface area contributed by atoms with Crippen LogP contribution in [0.15, 0.2) is 24.4 Å². The number of nitrogens with zero attached hydrogens (tertiary/aromatic N) is 1. The molecule has 3 heteroatoms. The van der Waals surface area contributed by atoms with Crippen LogP contribution in [0.3, 0.4) is 0 Å². The third-order valence-corrected chi connectivity index (χ3v) is 2.22. The second-order valence-electron chi connectivity index (χ2n) is 3.59. The summed E-state index contributed by atoms with van der Waals surface area (Å²) in [7, 11) is 0. The van der Waals surface area contributed by atoms with Gasteiger partial charge in [0.15, 0.2) is 0 Å². The molecule has 1 heterocycles. The molecule has 1 rings (SSSR count). The maximum Gasteiger partial charge on any atom is 0.127 e. The maximum atomic E-state index is 5.69. The Balaban J connectivity index is 2.72. The van der Waals surface area contributed by atoms with Crippen molar-refractivity contribution >= 4 is 0 Å². The van der Waals surface area contributed by atoms with Crippen molar-refractivity contribution in [2.45, 2.75) is 27.3 Å². The zero-order valence-corrected chi connectivity index (χ0v) is 10.3. The minimum absolute atomic E-state index is 0.610. The van der Waals surface area contributed by atoms with Crippen LogP contribution in [0.5, 0.6) is 5.75 Å². The molecule has 0 saturated heterocycles. The Morgan fingerprint density at radius 2 is 2.31 bits per heavy atom. The lowest BCUT2D eigenvalue weighted by Crippen LogP contribution is -2.13. The molecule has 1 N–H and O–H groups in total. The number of hydrogen-bond donors (Lipinski definition) is 1. The fourth-order valence-corrected chi connectivity index (χ4v) is 1.32. The van der Waals surface area contributed by atoms with Crippen LogP contribution in [0.2, 0.25) is 0 Å². The molecule has 0 fully saturated rings. The molecule has 0 atom stereocenters. The average molecular weight is 220 g/mol. The van der Waals surface area contributed by atoms with E-state index in [1.54, 1.807) is 0 Å². The molecule has 0 bridgehead atoms. The Kier molecular flexibility index (Phi) is 5.57. The van der Waals surface area contributed by atoms with Crippen LogP contribution in [-0.2, 0) is 6.54 Å². The summed E-state index contributed by atoms with van der Waals surface area (Å²) >= 11 is 0. The summed E-state index contributed by atoms with van der Waals surface area (Å²) in [5.74, 6) is 0.923. The van der Waals surface area contributed by atoms with Crippen LogP contribution in [0.4, 0.5) is 0 Å². The molecule has 1 aromatic heterocycles. The van der Waals surface area contributed by atoms with Gasteiger partial charge in [0.2, 0.25) is 0 Å². The van der Waals surface area contributed by atoms with E-state index in [9.17, 15) is 0 Å². The fraction of sp³-hybridized carbons (Fsp3) is 0.462. The van der Waals surface area contributed by atoms with Crippen LogP contribution in [-0.4, -0.2) is 18.1 Å². The van der Waals surface area contributed by atoms with Crippen LogP contribution in [0.1, 0.15) is 25.1 Å². The molecule has 0 amide bonds. The minimum Gasteiger partial charge on any atom is -0.489 e. The highest BCUT2D eigenvalue weighted by Gasteiger charge is 2.03. The lowest BCUT2D eigenvalue weighted by molar-refractivity contribution is 0.356. The summed E-state index contributed by atoms with van der Waals surface area (Å²) in [6.45, 7) is 8.40. The smallest absolute Gasteiger partial charge is 0.127 e. The summed E-state index contributed by atoms with van der Waals surface area (Å²) in [5.41, 5.74) is 2.09. The second kappa shape index (κ2) is 7.01. The Bertz CT molecular complexity index is 348. The van der Waals surface area contributed by atoms with E-state index in [-0.39, 0.29) is 0 Å². The molecule has 0 radical (unpaired) electrons. The van der Waals surface area contributed by atoms with Gasteiger partial charge in [0.1, 0.15) is 12.4 Å². The third-order valence-electron chi connectivity index (χ3n) is 2.22. The van der Waals surface area contributed by atoms with Gasteiger partial charge in [-0.15, -0.1) is 0 Å². The number of ether oxygens (including phenoxy) is 1. The normalized spacial score (nSPS) is 10.9. The maximum absolute atomic E-state index is 5.69. The van der Waals surface area contributed by atoms with Gasteiger partial charge in [0.05, 0.1) is 0 Å². The van der Waals surface area contributed by atoms with Crippen molar-refractivity contribution in [2.75, 3.05) is 13.2 Å². The monoisotopic (exact) mass is 220 g/mol. The molecule has 0 unspecified atom stereocenters. The molecule has 3 nitrogen and oxygen atoms in total. The first-order valence-electron chi connectivity index (χ1n) is 5.68. The highest BCUT2D eigenvalue weighted by Crippen LogP contribution is 2.18. The van der Waals surface area contributed by atoms with E-state index >= 15 is 0 Å². The van der Waals surface area contributed by atoms with Crippen molar-refractivity contribution in [1.29, 1.82) is 0 Å². The lowest BCUT2D eigenvalue weighted by atomic mass is 10.2. The van der Waals surface area contributed by atoms with E-state index in [1.165, 1.54) is 0 Å². The SMILES string of the molecule is C/C=C/COc1cc(C)ncc1CNCC. The molecule has 88 valence electrons. The van der Waals surface area contributed by atoms with Crippen LogP contribution < -0.4 is 10.1 Å². The Morgan fingerprint density at radius 1 is 1.50 bits per heavy atom. The first-order chi connectivity index (χ1) is 7.77. The first-order valence-corrected chi connectivity index (χ1v) is 5.68. The topological polar surface area (TPSA) is 34.1 Å². The van der Waals surface area contributed by atoms with Crippen LogP contribution in [0, 0.1) is 6.92 Å². The number of rotatable bonds is 6. The predicted molar refractivity (Wildman–Crippen MR) is 66.7 cm³/mol. The molecule has 0 spiro atoms. The summed E-state index contributed by atoms with van der Waals surface area (Å²) in [5, 5.41) is 3.28. The van der Waals surface area contributed by atoms with Crippen molar-refractivity contribution in [2.24, 2.45) is 0 Å². The van der Waals surface area contributed by atoms with Gasteiger partial charge < -0.3 is 10.1 Å². The highest BCUT2D eigenvalue weighted by atomic mass is 16.5. The van der Waals surface area contributed by atoms with E-state index in [0.29, 0.717) is 6.61 Å². The van der Waals surface area contributed by atoms with Crippen molar-refractivity contribution in [3.63, 3.8) is 0 Å². The molecule has 0 aliphatic carbocycles. The zero-order chi connectivity index (χ0) is 11.8. The van der Waals surface area contributed by atoms with E-state index in [2.05, 4.69) is 17.2 Å². The summed E-state index contributed by atoms with van der Waals surface area (Å²) in [6.07, 6.45) is 5.85. The Hall–Kier alpha value is -1.35. The van der Waals surface area contributed by atoms with Gasteiger partial charge in [0, 0.05) is 30.1 Å². The number of hydrogen-bond acceptors (Lipinski definition) is 3. The van der Waals surface area contributed by atoms with E-state index in [4.69, 9.17) is 4.74 Å². The van der Waals surface area contributed by atoms with Gasteiger partial charge in [-0.3, -0.25) is 4.98 Å². The standard InChI is InChI=1S/C13H20N2O/c1-4-6-7-16-13-8-11(3)15-10-12(13)9-14-5-2/h4,6,8,10,14H,5,7,9H2,1-3H3/b6-4+. The molecule has 0 aliphatic rings. The van der Waals surface area contributed by atoms with Gasteiger partial charge in [-0.05, 0) is 20.4 Å². The van der Waals surface area contributed by atoms with Crippen molar-refractivity contribution in [3.05, 3.63) is 35.7 Å². The number of aryl methyl sites for hydroxylation is 1. The molecular weight excluding hydrogens is 200 g/mol. The largest absolute Gasteiger partial charge is 0.489 e. The van der Waals surface area contributed by atoms with Gasteiger partial charge in [-0.25, -0.2) is 0 Å². The fourth-order valence-electron chi connectivity index (χ4n) is 1.32. The van der Waals surface area contributed by atoms with E-state index < -0.39 is 0 Å². The summed E-state index contributed by atoms with van der Waals surface area (Å²) in [4.78, 5) is 4.28. The van der Waals surface area contributed by atoms with E-state index in [0.717, 1.165) is 30.1 Å². The van der Waals surface area contributed by atoms with Crippen molar-refractivity contribution in [1.82, 2.24) is 10.3 Å². The van der Waals surface area contributed by atoms with Gasteiger partial charge in [-0.2, -0.15) is 0 Å². The summed E-state index contributed by atoms with van der Waals surface area (Å²) < 4.78 is 5.69. The van der Waals surface area contributed by atoms with Crippen molar-refractivity contribution in [3.8, 4) is 5.75 Å². The van der Waals surface area contributed by atoms with Gasteiger partial charge in [-0.1, -0.05) is 19.1 Å². The van der Waals surface area contributed by atoms with E-state index in [1.807, 2.05) is 38.3 Å². The molecule has 1 aromatic rings. The Labute approximate surface area is 97.5 Å². The summed E-state index contributed by atoms with van der Waals surface area (Å²) in [6, 6.07) is 1.98. The molecule has 0 aliphatic heterocycles. The zero-order valence-electron chi connectivity index (χ0n) is 10.3. The quantitative estimate of drug-likeness (QED) is 0.748. The minimum atomic E-state index is 0.610. The average Bonchev–Trinajstić information content (AvgIpc) is 2.28. The second-order valence-corrected chi connectivity index (χ2v) is 3.59. The Morgan fingerprint density at radius 3 is 3.00 bits per heavy atom.